The molecule has 0 bridgehead atoms. The third-order valence-electron chi connectivity index (χ3n) is 4.82. The van der Waals surface area contributed by atoms with Crippen molar-refractivity contribution in [1.82, 2.24) is 5.32 Å². The molecule has 31 heavy (non-hydrogen) atoms. The fourth-order valence-corrected chi connectivity index (χ4v) is 5.03. The van der Waals surface area contributed by atoms with Crippen LogP contribution in [0.15, 0.2) is 47.0 Å². The number of benzene rings is 2. The standard InChI is InChI=1S/C21H17Cl2F3N2O2S/c1-12-5-13(3-4-18(12)19(29)27-11-28-30-2)14-9-20(31-10-14,21(24,25)26)15-6-16(22)8-17(23)7-15/h3-8,10-11H,9H2,1-2H3,(H,27,28,29). The van der Waals surface area contributed by atoms with Gasteiger partial charge < -0.3 is 10.2 Å². The Labute approximate surface area is 191 Å². The van der Waals surface area contributed by atoms with Crippen molar-refractivity contribution in [1.29, 1.82) is 0 Å². The van der Waals surface area contributed by atoms with E-state index in [1.165, 1.54) is 30.7 Å². The summed E-state index contributed by atoms with van der Waals surface area (Å²) in [5.41, 5.74) is 2.10. The Morgan fingerprint density at radius 2 is 1.90 bits per heavy atom. The lowest BCUT2D eigenvalue weighted by atomic mass is 9.87. The fraction of sp³-hybridized carbons (Fsp3) is 0.238. The zero-order chi connectivity index (χ0) is 22.8. The molecule has 0 saturated heterocycles. The minimum Gasteiger partial charge on any atom is -0.398 e. The van der Waals surface area contributed by atoms with E-state index in [0.29, 0.717) is 34.0 Å². The minimum atomic E-state index is -4.54. The summed E-state index contributed by atoms with van der Waals surface area (Å²) < 4.78 is 40.5. The summed E-state index contributed by atoms with van der Waals surface area (Å²) in [6.07, 6.45) is -3.72. The highest BCUT2D eigenvalue weighted by atomic mass is 35.5. The van der Waals surface area contributed by atoms with Crippen LogP contribution in [0, 0.1) is 6.92 Å². The molecule has 1 N–H and O–H groups in total. The largest absolute Gasteiger partial charge is 0.407 e. The molecule has 4 nitrogen and oxygen atoms in total. The number of nitrogens with one attached hydrogen (secondary N) is 1. The van der Waals surface area contributed by atoms with Gasteiger partial charge in [-0.3, -0.25) is 4.79 Å². The number of hydrogen-bond donors (Lipinski definition) is 1. The van der Waals surface area contributed by atoms with Crippen molar-refractivity contribution in [3.8, 4) is 0 Å². The first-order valence-corrected chi connectivity index (χ1v) is 10.6. The second-order valence-corrected chi connectivity index (χ2v) is 8.88. The summed E-state index contributed by atoms with van der Waals surface area (Å²) in [4.78, 5) is 16.7. The molecule has 0 fully saturated rings. The average molecular weight is 489 g/mol. The van der Waals surface area contributed by atoms with Gasteiger partial charge in [0, 0.05) is 22.0 Å². The smallest absolute Gasteiger partial charge is 0.398 e. The quantitative estimate of drug-likeness (QED) is 0.294. The van der Waals surface area contributed by atoms with Crippen LogP contribution in [0.2, 0.25) is 10.0 Å². The van der Waals surface area contributed by atoms with Crippen LogP contribution in [0.5, 0.6) is 0 Å². The van der Waals surface area contributed by atoms with E-state index in [9.17, 15) is 18.0 Å². The van der Waals surface area contributed by atoms with Gasteiger partial charge >= 0.3 is 6.18 Å². The number of carbonyl (C=O) groups is 1. The number of aryl methyl sites for hydroxylation is 1. The third-order valence-corrected chi connectivity index (χ3v) is 6.68. The van der Waals surface area contributed by atoms with Crippen LogP contribution in [0.3, 0.4) is 0 Å². The predicted octanol–water partition coefficient (Wildman–Crippen LogP) is 6.56. The number of rotatable bonds is 5. The number of alkyl halides is 3. The van der Waals surface area contributed by atoms with Gasteiger partial charge in [0.25, 0.3) is 5.91 Å². The molecule has 0 radical (unpaired) electrons. The number of amides is 1. The molecule has 3 rings (SSSR count). The maximum Gasteiger partial charge on any atom is 0.407 e. The second-order valence-electron chi connectivity index (χ2n) is 6.84. The number of halogens is 5. The molecule has 1 aliphatic heterocycles. The lowest BCUT2D eigenvalue weighted by Crippen LogP contribution is -2.37. The van der Waals surface area contributed by atoms with Gasteiger partial charge in [-0.2, -0.15) is 13.2 Å². The molecule has 0 aromatic heterocycles. The predicted molar refractivity (Wildman–Crippen MR) is 119 cm³/mol. The van der Waals surface area contributed by atoms with E-state index in [1.807, 2.05) is 0 Å². The summed E-state index contributed by atoms with van der Waals surface area (Å²) in [6.45, 7) is 1.71. The number of thioether (sulfide) groups is 1. The monoisotopic (exact) mass is 488 g/mol. The summed E-state index contributed by atoms with van der Waals surface area (Å²) in [7, 11) is 1.34. The molecular formula is C21H17Cl2F3N2O2S. The maximum absolute atomic E-state index is 14.2. The van der Waals surface area contributed by atoms with Gasteiger partial charge in [0.05, 0.1) is 0 Å². The van der Waals surface area contributed by atoms with E-state index in [4.69, 9.17) is 23.2 Å². The van der Waals surface area contributed by atoms with Crippen LogP contribution in [0.4, 0.5) is 13.2 Å². The lowest BCUT2D eigenvalue weighted by molar-refractivity contribution is -0.160. The molecule has 1 aliphatic rings. The molecule has 2 aromatic rings. The van der Waals surface area contributed by atoms with E-state index in [2.05, 4.69) is 15.3 Å². The normalized spacial score (nSPS) is 18.9. The Kier molecular flexibility index (Phi) is 6.93. The van der Waals surface area contributed by atoms with Gasteiger partial charge in [-0.15, -0.1) is 11.8 Å². The average Bonchev–Trinajstić information content (AvgIpc) is 3.14. The Balaban J connectivity index is 1.91. The van der Waals surface area contributed by atoms with E-state index >= 15 is 0 Å². The summed E-state index contributed by atoms with van der Waals surface area (Å²) >= 11 is 12.6. The Bertz CT molecular complexity index is 1050. The first-order valence-electron chi connectivity index (χ1n) is 8.94. The lowest BCUT2D eigenvalue weighted by Gasteiger charge is -2.32. The van der Waals surface area contributed by atoms with Crippen LogP contribution in [-0.4, -0.2) is 25.5 Å². The molecular weight excluding hydrogens is 472 g/mol. The first-order chi connectivity index (χ1) is 14.6. The van der Waals surface area contributed by atoms with Gasteiger partial charge in [-0.1, -0.05) is 40.5 Å². The summed E-state index contributed by atoms with van der Waals surface area (Å²) in [5.74, 6) is -0.405. The van der Waals surface area contributed by atoms with Crippen molar-refractivity contribution in [3.05, 3.63) is 74.1 Å². The minimum absolute atomic E-state index is 0.00102. The molecule has 1 amide bonds. The van der Waals surface area contributed by atoms with Crippen molar-refractivity contribution in [2.75, 3.05) is 7.11 Å². The number of allylic oxidation sites excluding steroid dienone is 1. The summed E-state index contributed by atoms with van der Waals surface area (Å²) in [6, 6.07) is 8.87. The first kappa shape index (κ1) is 23.5. The van der Waals surface area contributed by atoms with Gasteiger partial charge in [0.2, 0.25) is 0 Å². The van der Waals surface area contributed by atoms with Gasteiger partial charge in [0.1, 0.15) is 18.2 Å². The van der Waals surface area contributed by atoms with Crippen molar-refractivity contribution < 1.29 is 22.8 Å². The Morgan fingerprint density at radius 3 is 2.48 bits per heavy atom. The van der Waals surface area contributed by atoms with E-state index in [0.717, 1.165) is 6.34 Å². The maximum atomic E-state index is 14.2. The van der Waals surface area contributed by atoms with Crippen LogP contribution < -0.4 is 5.32 Å². The molecule has 0 aliphatic carbocycles. The highest BCUT2D eigenvalue weighted by molar-refractivity contribution is 8.03. The Morgan fingerprint density at radius 1 is 1.23 bits per heavy atom. The highest BCUT2D eigenvalue weighted by Crippen LogP contribution is 2.60. The number of nitrogens with zero attached hydrogens (tertiary/aromatic N) is 1. The molecule has 1 unspecified atom stereocenters. The van der Waals surface area contributed by atoms with Gasteiger partial charge in [-0.05, 0) is 58.9 Å². The zero-order valence-electron chi connectivity index (χ0n) is 16.4. The molecule has 2 aromatic carbocycles. The van der Waals surface area contributed by atoms with Crippen LogP contribution in [0.1, 0.15) is 33.5 Å². The topological polar surface area (TPSA) is 50.7 Å². The van der Waals surface area contributed by atoms with Crippen molar-refractivity contribution in [2.24, 2.45) is 5.16 Å². The number of hydrogen-bond acceptors (Lipinski definition) is 4. The van der Waals surface area contributed by atoms with Crippen LogP contribution in [0.25, 0.3) is 5.57 Å². The van der Waals surface area contributed by atoms with Gasteiger partial charge in [-0.25, -0.2) is 0 Å². The fourth-order valence-electron chi connectivity index (χ4n) is 3.31. The second kappa shape index (κ2) is 9.14. The van der Waals surface area contributed by atoms with E-state index in [-0.39, 0.29) is 22.0 Å². The highest BCUT2D eigenvalue weighted by Gasteiger charge is 2.58. The van der Waals surface area contributed by atoms with Crippen molar-refractivity contribution in [3.63, 3.8) is 0 Å². The molecule has 1 atom stereocenters. The van der Waals surface area contributed by atoms with Crippen molar-refractivity contribution in [2.45, 2.75) is 24.3 Å². The van der Waals surface area contributed by atoms with Crippen LogP contribution in [-0.2, 0) is 9.58 Å². The molecule has 0 saturated carbocycles. The summed E-state index contributed by atoms with van der Waals surface area (Å²) in [5, 5.41) is 7.67. The molecule has 1 heterocycles. The van der Waals surface area contributed by atoms with Crippen LogP contribution >= 0.6 is 35.0 Å². The van der Waals surface area contributed by atoms with Gasteiger partial charge in [0.15, 0.2) is 0 Å². The number of carbonyl (C=O) groups excluding carboxylic acids is 1. The van der Waals surface area contributed by atoms with Crippen molar-refractivity contribution >= 4 is 52.8 Å². The molecule has 164 valence electrons. The third kappa shape index (κ3) is 4.86. The van der Waals surface area contributed by atoms with E-state index < -0.39 is 16.8 Å². The number of oxime groups is 1. The SMILES string of the molecule is CON=CNC(=O)c1ccc(C2=CSC(c3cc(Cl)cc(Cl)c3)(C(F)(F)F)C2)cc1C. The molecule has 10 heteroatoms. The molecule has 0 spiro atoms. The Hall–Kier alpha value is -2.16. The zero-order valence-corrected chi connectivity index (χ0v) is 18.7. The van der Waals surface area contributed by atoms with E-state index in [1.54, 1.807) is 25.1 Å².